The largest absolute Gasteiger partial charge is 0.398 e. The minimum atomic E-state index is 0.487. The van der Waals surface area contributed by atoms with E-state index in [0.29, 0.717) is 11.3 Å². The fourth-order valence-electron chi connectivity index (χ4n) is 1.43. The second-order valence-electron chi connectivity index (χ2n) is 3.55. The molecule has 0 saturated carbocycles. The molecule has 0 fully saturated rings. The highest BCUT2D eigenvalue weighted by Gasteiger charge is 2.00. The standard InChI is InChI=1S/C13H10IN3/c14-10-1-3-11(4-2-10)17-12-5-6-13(16)9(7-12)8-15/h1-7,17H,16H2. The zero-order valence-electron chi connectivity index (χ0n) is 8.94. The number of nitrogens with two attached hydrogens (primary N) is 1. The Kier molecular flexibility index (Phi) is 3.49. The highest BCUT2D eigenvalue weighted by molar-refractivity contribution is 14.1. The van der Waals surface area contributed by atoms with Crippen LogP contribution in [0.4, 0.5) is 17.1 Å². The summed E-state index contributed by atoms with van der Waals surface area (Å²) >= 11 is 2.26. The summed E-state index contributed by atoms with van der Waals surface area (Å²) in [7, 11) is 0. The quantitative estimate of drug-likeness (QED) is 0.652. The number of halogens is 1. The number of anilines is 3. The van der Waals surface area contributed by atoms with Gasteiger partial charge in [0.2, 0.25) is 0 Å². The van der Waals surface area contributed by atoms with Crippen molar-refractivity contribution in [3.63, 3.8) is 0 Å². The number of benzene rings is 2. The van der Waals surface area contributed by atoms with Crippen LogP contribution in [0.15, 0.2) is 42.5 Å². The van der Waals surface area contributed by atoms with Gasteiger partial charge in [-0.05, 0) is 65.1 Å². The summed E-state index contributed by atoms with van der Waals surface area (Å²) in [4.78, 5) is 0. The van der Waals surface area contributed by atoms with Crippen LogP contribution in [-0.2, 0) is 0 Å². The zero-order chi connectivity index (χ0) is 12.3. The normalized spacial score (nSPS) is 9.65. The van der Waals surface area contributed by atoms with Crippen LogP contribution in [0.2, 0.25) is 0 Å². The molecule has 2 rings (SSSR count). The molecule has 0 bridgehead atoms. The van der Waals surface area contributed by atoms with Crippen LogP contribution in [0.25, 0.3) is 0 Å². The molecule has 0 atom stereocenters. The van der Waals surface area contributed by atoms with Crippen LogP contribution >= 0.6 is 22.6 Å². The minimum Gasteiger partial charge on any atom is -0.398 e. The Morgan fingerprint density at radius 3 is 2.35 bits per heavy atom. The summed E-state index contributed by atoms with van der Waals surface area (Å²) < 4.78 is 1.18. The van der Waals surface area contributed by atoms with Gasteiger partial charge in [0.25, 0.3) is 0 Å². The van der Waals surface area contributed by atoms with Crippen molar-refractivity contribution < 1.29 is 0 Å². The molecule has 0 amide bonds. The van der Waals surface area contributed by atoms with Gasteiger partial charge in [0.05, 0.1) is 5.56 Å². The fraction of sp³-hybridized carbons (Fsp3) is 0. The van der Waals surface area contributed by atoms with E-state index in [0.717, 1.165) is 11.4 Å². The highest BCUT2D eigenvalue weighted by Crippen LogP contribution is 2.21. The van der Waals surface area contributed by atoms with E-state index in [1.54, 1.807) is 12.1 Å². The molecule has 2 aromatic carbocycles. The number of nitriles is 1. The first-order chi connectivity index (χ1) is 8.19. The van der Waals surface area contributed by atoms with Crippen molar-refractivity contribution in [2.75, 3.05) is 11.1 Å². The van der Waals surface area contributed by atoms with Gasteiger partial charge < -0.3 is 11.1 Å². The monoisotopic (exact) mass is 335 g/mol. The molecule has 2 aromatic rings. The molecule has 84 valence electrons. The summed E-state index contributed by atoms with van der Waals surface area (Å²) in [5, 5.41) is 12.1. The maximum Gasteiger partial charge on any atom is 0.101 e. The average molecular weight is 335 g/mol. The van der Waals surface area contributed by atoms with Crippen LogP contribution < -0.4 is 11.1 Å². The average Bonchev–Trinajstić information content (AvgIpc) is 2.34. The molecule has 17 heavy (non-hydrogen) atoms. The van der Waals surface area contributed by atoms with Crippen molar-refractivity contribution in [3.05, 3.63) is 51.6 Å². The molecule has 3 N–H and O–H groups in total. The van der Waals surface area contributed by atoms with Gasteiger partial charge in [-0.3, -0.25) is 0 Å². The van der Waals surface area contributed by atoms with Gasteiger partial charge in [-0.15, -0.1) is 0 Å². The summed E-state index contributed by atoms with van der Waals surface area (Å²) in [5.74, 6) is 0. The van der Waals surface area contributed by atoms with E-state index in [1.807, 2.05) is 30.3 Å². The van der Waals surface area contributed by atoms with E-state index < -0.39 is 0 Å². The van der Waals surface area contributed by atoms with Crippen LogP contribution in [0.5, 0.6) is 0 Å². The smallest absolute Gasteiger partial charge is 0.101 e. The van der Waals surface area contributed by atoms with Gasteiger partial charge >= 0.3 is 0 Å². The van der Waals surface area contributed by atoms with Gasteiger partial charge in [0, 0.05) is 20.6 Å². The summed E-state index contributed by atoms with van der Waals surface area (Å²) in [6, 6.07) is 15.4. The number of rotatable bonds is 2. The summed E-state index contributed by atoms with van der Waals surface area (Å²) in [6.45, 7) is 0. The Bertz CT molecular complexity index is 570. The maximum absolute atomic E-state index is 8.89. The number of hydrogen-bond donors (Lipinski definition) is 2. The molecule has 0 unspecified atom stereocenters. The van der Waals surface area contributed by atoms with Crippen LogP contribution in [0.3, 0.4) is 0 Å². The predicted octanol–water partition coefficient (Wildman–Crippen LogP) is 3.49. The third-order valence-electron chi connectivity index (χ3n) is 2.31. The van der Waals surface area contributed by atoms with E-state index in [4.69, 9.17) is 11.0 Å². The summed E-state index contributed by atoms with van der Waals surface area (Å²) in [6.07, 6.45) is 0. The first-order valence-electron chi connectivity index (χ1n) is 5.01. The van der Waals surface area contributed by atoms with E-state index in [2.05, 4.69) is 34.0 Å². The Labute approximate surface area is 113 Å². The molecular formula is C13H10IN3. The topological polar surface area (TPSA) is 61.8 Å². The Morgan fingerprint density at radius 1 is 1.06 bits per heavy atom. The second kappa shape index (κ2) is 5.06. The van der Waals surface area contributed by atoms with Crippen molar-refractivity contribution in [1.29, 1.82) is 5.26 Å². The van der Waals surface area contributed by atoms with Crippen molar-refractivity contribution in [2.45, 2.75) is 0 Å². The van der Waals surface area contributed by atoms with Crippen LogP contribution in [-0.4, -0.2) is 0 Å². The lowest BCUT2D eigenvalue weighted by Crippen LogP contribution is -1.94. The van der Waals surface area contributed by atoms with Crippen LogP contribution in [0.1, 0.15) is 5.56 Å². The van der Waals surface area contributed by atoms with Crippen molar-refractivity contribution in [2.24, 2.45) is 0 Å². The Morgan fingerprint density at radius 2 is 1.71 bits per heavy atom. The first-order valence-corrected chi connectivity index (χ1v) is 6.09. The van der Waals surface area contributed by atoms with Gasteiger partial charge in [-0.2, -0.15) is 5.26 Å². The molecule has 0 spiro atoms. The molecule has 0 aliphatic rings. The van der Waals surface area contributed by atoms with Crippen molar-refractivity contribution in [1.82, 2.24) is 0 Å². The molecule has 0 saturated heterocycles. The zero-order valence-corrected chi connectivity index (χ0v) is 11.1. The van der Waals surface area contributed by atoms with E-state index >= 15 is 0 Å². The molecular weight excluding hydrogens is 325 g/mol. The number of nitrogen functional groups attached to an aromatic ring is 1. The number of nitrogens with one attached hydrogen (secondary N) is 1. The van der Waals surface area contributed by atoms with Gasteiger partial charge in [-0.1, -0.05) is 0 Å². The third kappa shape index (κ3) is 2.88. The minimum absolute atomic E-state index is 0.487. The van der Waals surface area contributed by atoms with Crippen molar-refractivity contribution in [3.8, 4) is 6.07 Å². The van der Waals surface area contributed by atoms with Crippen LogP contribution in [0, 0.1) is 14.9 Å². The Hall–Kier alpha value is -1.74. The first kappa shape index (κ1) is 11.7. The molecule has 0 aliphatic carbocycles. The van der Waals surface area contributed by atoms with E-state index in [9.17, 15) is 0 Å². The fourth-order valence-corrected chi connectivity index (χ4v) is 1.79. The molecule has 0 aromatic heterocycles. The van der Waals surface area contributed by atoms with E-state index in [1.165, 1.54) is 3.57 Å². The SMILES string of the molecule is N#Cc1cc(Nc2ccc(I)cc2)ccc1N. The lowest BCUT2D eigenvalue weighted by Gasteiger charge is -2.07. The van der Waals surface area contributed by atoms with Gasteiger partial charge in [0.15, 0.2) is 0 Å². The van der Waals surface area contributed by atoms with E-state index in [-0.39, 0.29) is 0 Å². The van der Waals surface area contributed by atoms with Gasteiger partial charge in [-0.25, -0.2) is 0 Å². The number of nitrogens with zero attached hydrogens (tertiary/aromatic N) is 1. The maximum atomic E-state index is 8.89. The lowest BCUT2D eigenvalue weighted by molar-refractivity contribution is 1.47. The van der Waals surface area contributed by atoms with Gasteiger partial charge in [0.1, 0.15) is 6.07 Å². The molecule has 4 heteroatoms. The van der Waals surface area contributed by atoms with Crippen molar-refractivity contribution >= 4 is 39.7 Å². The molecule has 0 aliphatic heterocycles. The third-order valence-corrected chi connectivity index (χ3v) is 3.03. The molecule has 0 heterocycles. The lowest BCUT2D eigenvalue weighted by atomic mass is 10.1. The predicted molar refractivity (Wildman–Crippen MR) is 78.0 cm³/mol. The second-order valence-corrected chi connectivity index (χ2v) is 4.79. The highest BCUT2D eigenvalue weighted by atomic mass is 127. The number of hydrogen-bond acceptors (Lipinski definition) is 3. The molecule has 3 nitrogen and oxygen atoms in total. The molecule has 0 radical (unpaired) electrons. The summed E-state index contributed by atoms with van der Waals surface area (Å²) in [5.41, 5.74) is 8.49. The Balaban J connectivity index is 2.25.